The van der Waals surface area contributed by atoms with Crippen LogP contribution in [0.25, 0.3) is 22.3 Å². The molecule has 0 saturated carbocycles. The molecule has 102 valence electrons. The van der Waals surface area contributed by atoms with Crippen LogP contribution < -0.4 is 4.65 Å². The molecule has 0 aliphatic rings. The third-order valence-corrected chi connectivity index (χ3v) is 3.39. The molecule has 0 saturated heterocycles. The SMILES string of the molecule is OBOc1cccc(-c2ccccc2)c1-c1ccccc1. The Hall–Kier alpha value is -2.52. The first kappa shape index (κ1) is 13.5. The Balaban J connectivity index is 2.23. The van der Waals surface area contributed by atoms with Crippen molar-refractivity contribution in [3.05, 3.63) is 78.9 Å². The van der Waals surface area contributed by atoms with Gasteiger partial charge in [-0.1, -0.05) is 72.8 Å². The molecule has 3 aromatic rings. The van der Waals surface area contributed by atoms with E-state index >= 15 is 0 Å². The van der Waals surface area contributed by atoms with Gasteiger partial charge in [-0.2, -0.15) is 0 Å². The van der Waals surface area contributed by atoms with Gasteiger partial charge >= 0.3 is 7.69 Å². The summed E-state index contributed by atoms with van der Waals surface area (Å²) in [4.78, 5) is 0. The van der Waals surface area contributed by atoms with E-state index in [9.17, 15) is 0 Å². The maximum absolute atomic E-state index is 9.13. The van der Waals surface area contributed by atoms with Gasteiger partial charge in [-0.15, -0.1) is 0 Å². The summed E-state index contributed by atoms with van der Waals surface area (Å²) in [5, 5.41) is 9.13. The molecule has 0 atom stereocenters. The van der Waals surface area contributed by atoms with Crippen LogP contribution >= 0.6 is 0 Å². The molecule has 21 heavy (non-hydrogen) atoms. The van der Waals surface area contributed by atoms with Crippen molar-refractivity contribution in [2.45, 2.75) is 0 Å². The minimum Gasteiger partial charge on any atom is -0.538 e. The maximum Gasteiger partial charge on any atom is 0.504 e. The molecule has 3 aromatic carbocycles. The number of hydrogen-bond donors (Lipinski definition) is 1. The highest BCUT2D eigenvalue weighted by Gasteiger charge is 2.13. The largest absolute Gasteiger partial charge is 0.538 e. The molecule has 3 heteroatoms. The molecule has 0 aromatic heterocycles. The van der Waals surface area contributed by atoms with Crippen LogP contribution in [-0.2, 0) is 0 Å². The van der Waals surface area contributed by atoms with Crippen molar-refractivity contribution in [3.8, 4) is 28.0 Å². The van der Waals surface area contributed by atoms with Gasteiger partial charge in [0.1, 0.15) is 5.75 Å². The molecule has 0 bridgehead atoms. The first-order chi connectivity index (χ1) is 10.4. The van der Waals surface area contributed by atoms with Gasteiger partial charge < -0.3 is 9.68 Å². The lowest BCUT2D eigenvalue weighted by Gasteiger charge is -2.15. The van der Waals surface area contributed by atoms with E-state index in [1.54, 1.807) is 0 Å². The van der Waals surface area contributed by atoms with Crippen LogP contribution in [0.5, 0.6) is 5.75 Å². The van der Waals surface area contributed by atoms with Gasteiger partial charge in [-0.3, -0.25) is 0 Å². The van der Waals surface area contributed by atoms with Crippen LogP contribution in [0.3, 0.4) is 0 Å². The van der Waals surface area contributed by atoms with Crippen molar-refractivity contribution >= 4 is 7.69 Å². The van der Waals surface area contributed by atoms with E-state index in [4.69, 9.17) is 9.68 Å². The Morgan fingerprint density at radius 3 is 1.90 bits per heavy atom. The topological polar surface area (TPSA) is 29.5 Å². The molecule has 1 N–H and O–H groups in total. The zero-order chi connectivity index (χ0) is 14.5. The average Bonchev–Trinajstić information content (AvgIpc) is 2.56. The number of rotatable bonds is 4. The molecule has 2 nitrogen and oxygen atoms in total. The molecule has 3 rings (SSSR count). The average molecular weight is 274 g/mol. The quantitative estimate of drug-likeness (QED) is 0.736. The molecular weight excluding hydrogens is 259 g/mol. The van der Waals surface area contributed by atoms with Crippen LogP contribution in [-0.4, -0.2) is 12.7 Å². The standard InChI is InChI=1S/C18H15BO2/c20-19-21-17-13-7-12-16(14-8-3-1-4-9-14)18(17)15-10-5-2-6-11-15/h1-13,19-20H. The highest BCUT2D eigenvalue weighted by atomic mass is 16.5. The van der Waals surface area contributed by atoms with Gasteiger partial charge in [-0.05, 0) is 22.8 Å². The Kier molecular flexibility index (Phi) is 4.03. The van der Waals surface area contributed by atoms with Crippen molar-refractivity contribution in [1.82, 2.24) is 0 Å². The maximum atomic E-state index is 9.13. The molecule has 0 fully saturated rings. The van der Waals surface area contributed by atoms with Crippen LogP contribution in [0.4, 0.5) is 0 Å². The normalized spacial score (nSPS) is 10.1. The zero-order valence-electron chi connectivity index (χ0n) is 11.6. The van der Waals surface area contributed by atoms with Crippen LogP contribution in [0.15, 0.2) is 78.9 Å². The van der Waals surface area contributed by atoms with Gasteiger partial charge in [0, 0.05) is 5.56 Å². The molecule has 0 spiro atoms. The fourth-order valence-corrected chi connectivity index (χ4v) is 2.48. The lowest BCUT2D eigenvalue weighted by Crippen LogP contribution is -2.02. The second-order valence-electron chi connectivity index (χ2n) is 4.68. The summed E-state index contributed by atoms with van der Waals surface area (Å²) in [5.74, 6) is 0.685. The summed E-state index contributed by atoms with van der Waals surface area (Å²) in [5.41, 5.74) is 4.28. The lowest BCUT2D eigenvalue weighted by molar-refractivity contribution is 0.455. The third kappa shape index (κ3) is 2.83. The molecule has 0 aliphatic heterocycles. The molecule has 0 heterocycles. The van der Waals surface area contributed by atoms with Crippen LogP contribution in [0, 0.1) is 0 Å². The van der Waals surface area contributed by atoms with Crippen molar-refractivity contribution in [3.63, 3.8) is 0 Å². The number of benzene rings is 3. The van der Waals surface area contributed by atoms with Crippen LogP contribution in [0.2, 0.25) is 0 Å². The van der Waals surface area contributed by atoms with E-state index in [1.165, 1.54) is 0 Å². The minimum absolute atomic E-state index is 0.335. The van der Waals surface area contributed by atoms with E-state index in [2.05, 4.69) is 18.2 Å². The van der Waals surface area contributed by atoms with E-state index in [1.807, 2.05) is 60.7 Å². The summed E-state index contributed by atoms with van der Waals surface area (Å²) in [6.45, 7) is 0. The van der Waals surface area contributed by atoms with Crippen molar-refractivity contribution in [2.75, 3.05) is 0 Å². The smallest absolute Gasteiger partial charge is 0.504 e. The molecular formula is C18H15BO2. The van der Waals surface area contributed by atoms with Crippen molar-refractivity contribution in [2.24, 2.45) is 0 Å². The van der Waals surface area contributed by atoms with Crippen molar-refractivity contribution < 1.29 is 9.68 Å². The van der Waals surface area contributed by atoms with Gasteiger partial charge in [-0.25, -0.2) is 0 Å². The van der Waals surface area contributed by atoms with E-state index in [-0.39, 0.29) is 7.69 Å². The van der Waals surface area contributed by atoms with Gasteiger partial charge in [0.2, 0.25) is 0 Å². The molecule has 0 radical (unpaired) electrons. The zero-order valence-corrected chi connectivity index (χ0v) is 11.6. The Bertz CT molecular complexity index is 712. The van der Waals surface area contributed by atoms with Gasteiger partial charge in [0.25, 0.3) is 0 Å². The first-order valence-electron chi connectivity index (χ1n) is 6.87. The monoisotopic (exact) mass is 274 g/mol. The summed E-state index contributed by atoms with van der Waals surface area (Å²) in [7, 11) is -0.335. The fraction of sp³-hybridized carbons (Fsp3) is 0. The molecule has 0 amide bonds. The highest BCUT2D eigenvalue weighted by molar-refractivity contribution is 6.17. The molecule has 0 unspecified atom stereocenters. The van der Waals surface area contributed by atoms with Crippen molar-refractivity contribution in [1.29, 1.82) is 0 Å². The number of hydrogen-bond acceptors (Lipinski definition) is 2. The predicted molar refractivity (Wildman–Crippen MR) is 87.3 cm³/mol. The summed E-state index contributed by atoms with van der Waals surface area (Å²) < 4.78 is 5.41. The summed E-state index contributed by atoms with van der Waals surface area (Å²) in [6.07, 6.45) is 0. The highest BCUT2D eigenvalue weighted by Crippen LogP contribution is 2.38. The predicted octanol–water partition coefficient (Wildman–Crippen LogP) is 3.66. The third-order valence-electron chi connectivity index (χ3n) is 3.39. The fourth-order valence-electron chi connectivity index (χ4n) is 2.48. The summed E-state index contributed by atoms with van der Waals surface area (Å²) >= 11 is 0. The van der Waals surface area contributed by atoms with Crippen LogP contribution in [0.1, 0.15) is 0 Å². The second kappa shape index (κ2) is 6.29. The van der Waals surface area contributed by atoms with Gasteiger partial charge in [0.05, 0.1) is 0 Å². The Morgan fingerprint density at radius 2 is 1.29 bits per heavy atom. The lowest BCUT2D eigenvalue weighted by atomic mass is 9.93. The Morgan fingerprint density at radius 1 is 0.667 bits per heavy atom. The van der Waals surface area contributed by atoms with Gasteiger partial charge in [0.15, 0.2) is 0 Å². The second-order valence-corrected chi connectivity index (χ2v) is 4.68. The van der Waals surface area contributed by atoms with E-state index in [0.29, 0.717) is 5.75 Å². The minimum atomic E-state index is -0.335. The first-order valence-corrected chi connectivity index (χ1v) is 6.87. The van der Waals surface area contributed by atoms with E-state index < -0.39 is 0 Å². The molecule has 0 aliphatic carbocycles. The van der Waals surface area contributed by atoms with E-state index in [0.717, 1.165) is 22.3 Å². The Labute approximate surface area is 125 Å². The summed E-state index contributed by atoms with van der Waals surface area (Å²) in [6, 6.07) is 26.2.